The summed E-state index contributed by atoms with van der Waals surface area (Å²) in [6.07, 6.45) is 5.12. The van der Waals surface area contributed by atoms with E-state index < -0.39 is 0 Å². The molecule has 5 nitrogen and oxygen atoms in total. The highest BCUT2D eigenvalue weighted by Gasteiger charge is 2.35. The van der Waals surface area contributed by atoms with E-state index in [4.69, 9.17) is 5.73 Å². The molecule has 1 aliphatic carbocycles. The van der Waals surface area contributed by atoms with Gasteiger partial charge in [0, 0.05) is 12.1 Å². The Kier molecular flexibility index (Phi) is 3.47. The summed E-state index contributed by atoms with van der Waals surface area (Å²) in [6, 6.07) is 3.65. The Morgan fingerprint density at radius 1 is 1.29 bits per heavy atom. The van der Waals surface area contributed by atoms with Crippen molar-refractivity contribution in [1.29, 1.82) is 0 Å². The Morgan fingerprint density at radius 2 is 2.00 bits per heavy atom. The molecule has 5 heteroatoms. The zero-order valence-corrected chi connectivity index (χ0v) is 10.6. The van der Waals surface area contributed by atoms with Gasteiger partial charge in [0.2, 0.25) is 0 Å². The number of likely N-dealkylation sites (N-methyl/N-ethyl adjacent to an activating group) is 1. The first-order chi connectivity index (χ1) is 8.12. The van der Waals surface area contributed by atoms with Crippen LogP contribution in [-0.2, 0) is 0 Å². The summed E-state index contributed by atoms with van der Waals surface area (Å²) in [4.78, 5) is 2.33. The molecule has 1 fully saturated rings. The first kappa shape index (κ1) is 12.1. The molecule has 0 aromatic carbocycles. The first-order valence-corrected chi connectivity index (χ1v) is 6.13. The van der Waals surface area contributed by atoms with E-state index in [1.54, 1.807) is 6.07 Å². The summed E-state index contributed by atoms with van der Waals surface area (Å²) in [7, 11) is 4.31. The van der Waals surface area contributed by atoms with Gasteiger partial charge in [-0.15, -0.1) is 10.2 Å². The molecule has 0 atom stereocenters. The number of nitrogens with zero attached hydrogens (tertiary/aromatic N) is 3. The summed E-state index contributed by atoms with van der Waals surface area (Å²) >= 11 is 0. The monoisotopic (exact) mass is 235 g/mol. The van der Waals surface area contributed by atoms with Crippen molar-refractivity contribution in [3.05, 3.63) is 12.1 Å². The fourth-order valence-corrected chi connectivity index (χ4v) is 2.51. The Morgan fingerprint density at radius 3 is 2.53 bits per heavy atom. The van der Waals surface area contributed by atoms with Crippen LogP contribution in [0.5, 0.6) is 0 Å². The van der Waals surface area contributed by atoms with Crippen LogP contribution in [0.1, 0.15) is 25.7 Å². The molecule has 3 N–H and O–H groups in total. The molecule has 0 saturated heterocycles. The number of nitrogens with one attached hydrogen (secondary N) is 1. The van der Waals surface area contributed by atoms with Crippen LogP contribution in [0, 0.1) is 0 Å². The molecule has 94 valence electrons. The second-order valence-electron chi connectivity index (χ2n) is 5.02. The minimum absolute atomic E-state index is 0.267. The highest BCUT2D eigenvalue weighted by molar-refractivity contribution is 5.38. The van der Waals surface area contributed by atoms with Crippen molar-refractivity contribution in [3.63, 3.8) is 0 Å². The van der Waals surface area contributed by atoms with Crippen molar-refractivity contribution < 1.29 is 0 Å². The van der Waals surface area contributed by atoms with Crippen LogP contribution in [0.4, 0.5) is 11.6 Å². The zero-order valence-electron chi connectivity index (χ0n) is 10.6. The Balaban J connectivity index is 1.98. The van der Waals surface area contributed by atoms with Crippen LogP contribution in [-0.4, -0.2) is 41.3 Å². The molecule has 0 aliphatic heterocycles. The number of hydrogen-bond acceptors (Lipinski definition) is 5. The fraction of sp³-hybridized carbons (Fsp3) is 0.667. The van der Waals surface area contributed by atoms with Gasteiger partial charge in [-0.2, -0.15) is 0 Å². The predicted octanol–water partition coefficient (Wildman–Crippen LogP) is 1.35. The van der Waals surface area contributed by atoms with Gasteiger partial charge in [0.05, 0.1) is 0 Å². The molecule has 0 radical (unpaired) electrons. The van der Waals surface area contributed by atoms with Crippen LogP contribution in [0.3, 0.4) is 0 Å². The molecule has 0 unspecified atom stereocenters. The molecule has 2 rings (SSSR count). The third-order valence-electron chi connectivity index (χ3n) is 3.77. The molecule has 1 aliphatic rings. The fourth-order valence-electron chi connectivity index (χ4n) is 2.51. The van der Waals surface area contributed by atoms with E-state index >= 15 is 0 Å². The van der Waals surface area contributed by atoms with Crippen molar-refractivity contribution >= 4 is 11.6 Å². The minimum atomic E-state index is 0.267. The molecule has 1 aromatic heterocycles. The lowest BCUT2D eigenvalue weighted by molar-refractivity contribution is 0.172. The first-order valence-electron chi connectivity index (χ1n) is 6.13. The Labute approximate surface area is 102 Å². The topological polar surface area (TPSA) is 67.1 Å². The maximum absolute atomic E-state index is 5.51. The van der Waals surface area contributed by atoms with Crippen molar-refractivity contribution in [2.24, 2.45) is 0 Å². The number of hydrogen-bond donors (Lipinski definition) is 2. The van der Waals surface area contributed by atoms with Gasteiger partial charge in [-0.3, -0.25) is 0 Å². The normalized spacial score (nSPS) is 18.5. The summed E-state index contributed by atoms with van der Waals surface area (Å²) in [6.45, 7) is 0.915. The summed E-state index contributed by atoms with van der Waals surface area (Å²) in [5.74, 6) is 1.26. The van der Waals surface area contributed by atoms with Gasteiger partial charge in [0.15, 0.2) is 0 Å². The molecule has 0 amide bonds. The van der Waals surface area contributed by atoms with Gasteiger partial charge in [-0.05, 0) is 39.1 Å². The van der Waals surface area contributed by atoms with Crippen LogP contribution < -0.4 is 11.1 Å². The van der Waals surface area contributed by atoms with E-state index in [1.165, 1.54) is 25.7 Å². The number of aromatic nitrogens is 2. The van der Waals surface area contributed by atoms with Gasteiger partial charge in [-0.25, -0.2) is 0 Å². The van der Waals surface area contributed by atoms with E-state index in [2.05, 4.69) is 34.5 Å². The van der Waals surface area contributed by atoms with E-state index in [-0.39, 0.29) is 5.54 Å². The Hall–Kier alpha value is -1.36. The molecule has 0 spiro atoms. The molecule has 1 saturated carbocycles. The minimum Gasteiger partial charge on any atom is -0.382 e. The van der Waals surface area contributed by atoms with Crippen LogP contribution >= 0.6 is 0 Å². The third kappa shape index (κ3) is 2.66. The van der Waals surface area contributed by atoms with Gasteiger partial charge in [0.1, 0.15) is 11.6 Å². The SMILES string of the molecule is CN(C)C1(CNc2ccc(N)nn2)CCCC1. The van der Waals surface area contributed by atoms with Crippen LogP contribution in [0.25, 0.3) is 0 Å². The quantitative estimate of drug-likeness (QED) is 0.824. The maximum Gasteiger partial charge on any atom is 0.148 e. The van der Waals surface area contributed by atoms with E-state index in [9.17, 15) is 0 Å². The van der Waals surface area contributed by atoms with Crippen molar-refractivity contribution in [1.82, 2.24) is 15.1 Å². The smallest absolute Gasteiger partial charge is 0.148 e. The van der Waals surface area contributed by atoms with E-state index in [0.29, 0.717) is 5.82 Å². The van der Waals surface area contributed by atoms with E-state index in [0.717, 1.165) is 12.4 Å². The van der Waals surface area contributed by atoms with Gasteiger partial charge in [-0.1, -0.05) is 12.8 Å². The molecular formula is C12H21N5. The number of anilines is 2. The standard InChI is InChI=1S/C12H21N5/c1-17(2)12(7-3-4-8-12)9-14-11-6-5-10(13)15-16-11/h5-6H,3-4,7-9H2,1-2H3,(H2,13,15)(H,14,16). The van der Waals surface area contributed by atoms with Gasteiger partial charge >= 0.3 is 0 Å². The Bertz CT molecular complexity index is 354. The summed E-state index contributed by atoms with van der Waals surface area (Å²) < 4.78 is 0. The number of nitrogen functional groups attached to an aromatic ring is 1. The van der Waals surface area contributed by atoms with E-state index in [1.807, 2.05) is 6.07 Å². The number of nitrogens with two attached hydrogens (primary N) is 1. The van der Waals surface area contributed by atoms with Crippen LogP contribution in [0.15, 0.2) is 12.1 Å². The second kappa shape index (κ2) is 4.87. The number of rotatable bonds is 4. The molecule has 0 bridgehead atoms. The molecular weight excluding hydrogens is 214 g/mol. The molecule has 17 heavy (non-hydrogen) atoms. The lowest BCUT2D eigenvalue weighted by Crippen LogP contribution is -2.47. The lowest BCUT2D eigenvalue weighted by atomic mass is 9.96. The average molecular weight is 235 g/mol. The zero-order chi connectivity index (χ0) is 12.3. The maximum atomic E-state index is 5.51. The van der Waals surface area contributed by atoms with Crippen molar-refractivity contribution in [2.75, 3.05) is 31.7 Å². The molecule has 1 heterocycles. The lowest BCUT2D eigenvalue weighted by Gasteiger charge is -2.36. The summed E-state index contributed by atoms with van der Waals surface area (Å²) in [5.41, 5.74) is 5.78. The van der Waals surface area contributed by atoms with Crippen molar-refractivity contribution in [3.8, 4) is 0 Å². The predicted molar refractivity (Wildman–Crippen MR) is 69.8 cm³/mol. The largest absolute Gasteiger partial charge is 0.382 e. The van der Waals surface area contributed by atoms with Gasteiger partial charge < -0.3 is 16.0 Å². The highest BCUT2D eigenvalue weighted by Crippen LogP contribution is 2.33. The average Bonchev–Trinajstić information content (AvgIpc) is 2.78. The second-order valence-corrected chi connectivity index (χ2v) is 5.02. The molecule has 1 aromatic rings. The van der Waals surface area contributed by atoms with Gasteiger partial charge in [0.25, 0.3) is 0 Å². The van der Waals surface area contributed by atoms with Crippen molar-refractivity contribution in [2.45, 2.75) is 31.2 Å². The highest BCUT2D eigenvalue weighted by atomic mass is 15.2. The summed E-state index contributed by atoms with van der Waals surface area (Å²) in [5, 5.41) is 11.2. The third-order valence-corrected chi connectivity index (χ3v) is 3.77. The van der Waals surface area contributed by atoms with Crippen LogP contribution in [0.2, 0.25) is 0 Å².